The Morgan fingerprint density at radius 2 is 2.04 bits per heavy atom. The van der Waals surface area contributed by atoms with Crippen LogP contribution in [0.3, 0.4) is 0 Å². The number of aromatic nitrogens is 2. The smallest absolute Gasteiger partial charge is 0.451 e. The Labute approximate surface area is 145 Å². The van der Waals surface area contributed by atoms with E-state index in [4.69, 9.17) is 4.42 Å². The molecule has 0 saturated carbocycles. The quantitative estimate of drug-likeness (QED) is 0.746. The highest BCUT2D eigenvalue weighted by atomic mass is 19.4. The minimum atomic E-state index is -4.76. The van der Waals surface area contributed by atoms with Crippen LogP contribution in [0.15, 0.2) is 28.7 Å². The van der Waals surface area contributed by atoms with Gasteiger partial charge in [-0.25, -0.2) is 14.8 Å². The van der Waals surface area contributed by atoms with Gasteiger partial charge in [0, 0.05) is 11.9 Å². The average Bonchev–Trinajstić information content (AvgIpc) is 3.13. The van der Waals surface area contributed by atoms with E-state index in [1.54, 1.807) is 24.3 Å². The van der Waals surface area contributed by atoms with Crippen LogP contribution in [0.5, 0.6) is 0 Å². The monoisotopic (exact) mass is 365 g/mol. The number of para-hydroxylation sites is 1. The number of benzene rings is 1. The first-order valence-corrected chi connectivity index (χ1v) is 8.01. The molecular weight excluding hydrogens is 351 g/mol. The largest absolute Gasteiger partial charge is 0.480 e. The minimum absolute atomic E-state index is 0.000157. The average molecular weight is 365 g/mol. The lowest BCUT2D eigenvalue weighted by atomic mass is 10.1. The summed E-state index contributed by atoms with van der Waals surface area (Å²) in [5, 5.41) is 9.89. The van der Waals surface area contributed by atoms with Crippen LogP contribution in [0.4, 0.5) is 19.0 Å². The molecule has 0 amide bonds. The van der Waals surface area contributed by atoms with Gasteiger partial charge >= 0.3 is 12.1 Å². The predicted molar refractivity (Wildman–Crippen MR) is 86.9 cm³/mol. The van der Waals surface area contributed by atoms with E-state index in [1.807, 2.05) is 6.92 Å². The standard InChI is InChI=1S/C17H14F3N3O3/c1-8-6-10(15(24)25)23(7-8)14-13-12(21-16(22-14)17(18,19)20)9-4-2-3-5-11(9)26-13/h2-5,8,10H,6-7H2,1H3,(H,24,25)/t8-,10-/m0/s1. The number of aliphatic carboxylic acids is 1. The molecule has 0 aliphatic carbocycles. The second kappa shape index (κ2) is 5.58. The summed E-state index contributed by atoms with van der Waals surface area (Å²) >= 11 is 0. The highest BCUT2D eigenvalue weighted by Crippen LogP contribution is 2.39. The molecule has 3 heterocycles. The maximum atomic E-state index is 13.3. The number of anilines is 1. The molecule has 0 spiro atoms. The number of rotatable bonds is 2. The van der Waals surface area contributed by atoms with Gasteiger partial charge in [0.25, 0.3) is 0 Å². The third-order valence-electron chi connectivity index (χ3n) is 4.52. The molecule has 1 fully saturated rings. The summed E-state index contributed by atoms with van der Waals surface area (Å²) in [5.74, 6) is -2.55. The second-order valence-corrected chi connectivity index (χ2v) is 6.49. The Balaban J connectivity index is 2.02. The zero-order chi connectivity index (χ0) is 18.6. The van der Waals surface area contributed by atoms with E-state index in [2.05, 4.69) is 9.97 Å². The van der Waals surface area contributed by atoms with Gasteiger partial charge in [0.1, 0.15) is 17.1 Å². The minimum Gasteiger partial charge on any atom is -0.480 e. The van der Waals surface area contributed by atoms with Gasteiger partial charge in [-0.05, 0) is 24.5 Å². The van der Waals surface area contributed by atoms with Crippen molar-refractivity contribution in [2.45, 2.75) is 25.6 Å². The maximum Gasteiger partial charge on any atom is 0.451 e. The molecule has 1 aromatic carbocycles. The SMILES string of the molecule is C[C@H]1C[C@@H](C(=O)O)N(c2nc(C(F)(F)F)nc3c2oc2ccccc23)C1. The zero-order valence-electron chi connectivity index (χ0n) is 13.6. The highest BCUT2D eigenvalue weighted by molar-refractivity contribution is 6.06. The third-order valence-corrected chi connectivity index (χ3v) is 4.52. The van der Waals surface area contributed by atoms with Crippen molar-refractivity contribution in [2.75, 3.05) is 11.4 Å². The van der Waals surface area contributed by atoms with Crippen molar-refractivity contribution in [2.24, 2.45) is 5.92 Å². The van der Waals surface area contributed by atoms with Crippen LogP contribution in [-0.2, 0) is 11.0 Å². The number of nitrogens with zero attached hydrogens (tertiary/aromatic N) is 3. The van der Waals surface area contributed by atoms with Crippen LogP contribution in [0.1, 0.15) is 19.2 Å². The molecule has 4 rings (SSSR count). The Morgan fingerprint density at radius 3 is 2.73 bits per heavy atom. The summed E-state index contributed by atoms with van der Waals surface area (Å²) in [7, 11) is 0. The topological polar surface area (TPSA) is 79.5 Å². The van der Waals surface area contributed by atoms with E-state index in [0.717, 1.165) is 0 Å². The molecule has 1 aliphatic heterocycles. The van der Waals surface area contributed by atoms with Crippen molar-refractivity contribution in [3.8, 4) is 0 Å². The van der Waals surface area contributed by atoms with Gasteiger partial charge in [-0.2, -0.15) is 13.2 Å². The molecule has 0 radical (unpaired) electrons. The molecule has 1 aliphatic rings. The number of hydrogen-bond acceptors (Lipinski definition) is 5. The van der Waals surface area contributed by atoms with Gasteiger partial charge in [-0.1, -0.05) is 19.1 Å². The second-order valence-electron chi connectivity index (χ2n) is 6.49. The van der Waals surface area contributed by atoms with Gasteiger partial charge in [0.2, 0.25) is 5.82 Å². The van der Waals surface area contributed by atoms with Crippen LogP contribution in [0, 0.1) is 5.92 Å². The Kier molecular flexibility index (Phi) is 3.57. The first-order valence-electron chi connectivity index (χ1n) is 8.01. The number of carboxylic acids is 1. The van der Waals surface area contributed by atoms with Crippen molar-refractivity contribution in [1.29, 1.82) is 0 Å². The van der Waals surface area contributed by atoms with Crippen molar-refractivity contribution >= 4 is 33.9 Å². The van der Waals surface area contributed by atoms with E-state index in [-0.39, 0.29) is 29.4 Å². The van der Waals surface area contributed by atoms with E-state index < -0.39 is 24.0 Å². The third kappa shape index (κ3) is 2.54. The molecule has 1 N–H and O–H groups in total. The Hall–Kier alpha value is -2.84. The van der Waals surface area contributed by atoms with Gasteiger partial charge < -0.3 is 14.4 Å². The summed E-state index contributed by atoms with van der Waals surface area (Å²) < 4.78 is 45.7. The molecular formula is C17H14F3N3O3. The summed E-state index contributed by atoms with van der Waals surface area (Å²) in [6, 6.07) is 5.64. The molecule has 0 bridgehead atoms. The summed E-state index contributed by atoms with van der Waals surface area (Å²) in [6.45, 7) is 2.12. The van der Waals surface area contributed by atoms with Gasteiger partial charge in [-0.3, -0.25) is 0 Å². The lowest BCUT2D eigenvalue weighted by molar-refractivity contribution is -0.144. The van der Waals surface area contributed by atoms with E-state index >= 15 is 0 Å². The Morgan fingerprint density at radius 1 is 1.31 bits per heavy atom. The number of halogens is 3. The van der Waals surface area contributed by atoms with Gasteiger partial charge in [-0.15, -0.1) is 0 Å². The van der Waals surface area contributed by atoms with Crippen molar-refractivity contribution in [3.63, 3.8) is 0 Å². The van der Waals surface area contributed by atoms with Crippen LogP contribution in [0.25, 0.3) is 22.1 Å². The molecule has 6 nitrogen and oxygen atoms in total. The summed E-state index contributed by atoms with van der Waals surface area (Å²) in [5.41, 5.74) is 0.470. The van der Waals surface area contributed by atoms with Crippen LogP contribution < -0.4 is 4.90 Å². The number of alkyl halides is 3. The van der Waals surface area contributed by atoms with E-state index in [1.165, 1.54) is 4.90 Å². The molecule has 136 valence electrons. The van der Waals surface area contributed by atoms with Gasteiger partial charge in [0.05, 0.1) is 0 Å². The van der Waals surface area contributed by atoms with E-state index in [9.17, 15) is 23.1 Å². The van der Waals surface area contributed by atoms with Crippen molar-refractivity contribution < 1.29 is 27.5 Å². The first kappa shape index (κ1) is 16.6. The van der Waals surface area contributed by atoms with Gasteiger partial charge in [0.15, 0.2) is 11.4 Å². The first-order chi connectivity index (χ1) is 12.3. The predicted octanol–water partition coefficient (Wildman–Crippen LogP) is 3.69. The van der Waals surface area contributed by atoms with Crippen LogP contribution in [-0.4, -0.2) is 33.6 Å². The fraction of sp³-hybridized carbons (Fsp3) is 0.353. The lowest BCUT2D eigenvalue weighted by Gasteiger charge is -2.23. The molecule has 2 aromatic heterocycles. The summed E-state index contributed by atoms with van der Waals surface area (Å²) in [6.07, 6.45) is -4.44. The maximum absolute atomic E-state index is 13.3. The number of hydrogen-bond donors (Lipinski definition) is 1. The van der Waals surface area contributed by atoms with Crippen molar-refractivity contribution in [1.82, 2.24) is 9.97 Å². The zero-order valence-corrected chi connectivity index (χ0v) is 13.6. The molecule has 2 atom stereocenters. The fourth-order valence-electron chi connectivity index (χ4n) is 3.41. The molecule has 0 unspecified atom stereocenters. The highest BCUT2D eigenvalue weighted by Gasteiger charge is 2.41. The Bertz CT molecular complexity index is 1010. The lowest BCUT2D eigenvalue weighted by Crippen LogP contribution is -2.37. The van der Waals surface area contributed by atoms with Crippen molar-refractivity contribution in [3.05, 3.63) is 30.1 Å². The van der Waals surface area contributed by atoms with E-state index in [0.29, 0.717) is 17.4 Å². The fourth-order valence-corrected chi connectivity index (χ4v) is 3.41. The molecule has 3 aromatic rings. The molecule has 26 heavy (non-hydrogen) atoms. The number of furan rings is 1. The molecule has 9 heteroatoms. The summed E-state index contributed by atoms with van der Waals surface area (Å²) in [4.78, 5) is 20.3. The number of carbonyl (C=O) groups is 1. The normalized spacial score (nSPS) is 21.0. The number of carboxylic acid groups (broad SMARTS) is 1. The van der Waals surface area contributed by atoms with Crippen LogP contribution in [0.2, 0.25) is 0 Å². The van der Waals surface area contributed by atoms with Crippen LogP contribution >= 0.6 is 0 Å². The molecule has 1 saturated heterocycles. The number of fused-ring (bicyclic) bond motifs is 3.